The van der Waals surface area contributed by atoms with Crippen LogP contribution in [0.1, 0.15) is 31.2 Å². The molecule has 5 rings (SSSR count). The van der Waals surface area contributed by atoms with Gasteiger partial charge in [0.25, 0.3) is 0 Å². The maximum absolute atomic E-state index is 13.6. The van der Waals surface area contributed by atoms with Crippen molar-refractivity contribution in [3.05, 3.63) is 81.7 Å². The minimum Gasteiger partial charge on any atom is -0.483 e. The largest absolute Gasteiger partial charge is 0.483 e. The highest BCUT2D eigenvalue weighted by molar-refractivity contribution is 7.88. The highest BCUT2D eigenvalue weighted by Crippen LogP contribution is 2.30. The molecule has 1 aliphatic heterocycles. The van der Waals surface area contributed by atoms with Gasteiger partial charge in [-0.3, -0.25) is 4.79 Å². The van der Waals surface area contributed by atoms with Gasteiger partial charge >= 0.3 is 5.56 Å². The Labute approximate surface area is 216 Å². The van der Waals surface area contributed by atoms with Gasteiger partial charge in [0.05, 0.1) is 23.7 Å². The molecule has 10 heteroatoms. The normalized spacial score (nSPS) is 17.4. The van der Waals surface area contributed by atoms with E-state index in [4.69, 9.17) is 16.3 Å². The van der Waals surface area contributed by atoms with E-state index in [-0.39, 0.29) is 23.2 Å². The Balaban J connectivity index is 1.39. The predicted octanol–water partition coefficient (Wildman–Crippen LogP) is 3.86. The van der Waals surface area contributed by atoms with Crippen LogP contribution in [0.2, 0.25) is 5.02 Å². The number of nitrogens with zero attached hydrogens (tertiary/aromatic N) is 4. The van der Waals surface area contributed by atoms with Crippen LogP contribution >= 0.6 is 11.6 Å². The molecule has 36 heavy (non-hydrogen) atoms. The van der Waals surface area contributed by atoms with Crippen molar-refractivity contribution in [2.24, 2.45) is 0 Å². The second kappa shape index (κ2) is 10.6. The number of halogens is 1. The van der Waals surface area contributed by atoms with Gasteiger partial charge in [-0.15, -0.1) is 0 Å². The van der Waals surface area contributed by atoms with E-state index in [0.29, 0.717) is 42.6 Å². The van der Waals surface area contributed by atoms with Gasteiger partial charge in [-0.05, 0) is 49.4 Å². The Hall–Kier alpha value is -2.88. The molecule has 1 aliphatic carbocycles. The molecule has 2 aromatic carbocycles. The minimum absolute atomic E-state index is 0.0146. The lowest BCUT2D eigenvalue weighted by Crippen LogP contribution is -2.49. The molecule has 0 atom stereocenters. The number of sulfonamides is 1. The smallest absolute Gasteiger partial charge is 0.316 e. The SMILES string of the molecule is O=c1c(OC2CCCC2)c(N2CCN(S(=O)(=O)Cc3ccccc3)CC2)cnn1-c1cccc(Cl)c1. The minimum atomic E-state index is -3.44. The predicted molar refractivity (Wildman–Crippen MR) is 141 cm³/mol. The third-order valence-electron chi connectivity index (χ3n) is 6.72. The van der Waals surface area contributed by atoms with E-state index in [1.165, 1.54) is 8.99 Å². The first kappa shape index (κ1) is 24.8. The average Bonchev–Trinajstić information content (AvgIpc) is 3.39. The number of rotatable bonds is 7. The van der Waals surface area contributed by atoms with E-state index < -0.39 is 10.0 Å². The summed E-state index contributed by atoms with van der Waals surface area (Å²) in [7, 11) is -3.44. The molecule has 1 aromatic heterocycles. The number of aromatic nitrogens is 2. The van der Waals surface area contributed by atoms with Gasteiger partial charge in [-0.1, -0.05) is 48.0 Å². The summed E-state index contributed by atoms with van der Waals surface area (Å²) in [5.41, 5.74) is 1.58. The van der Waals surface area contributed by atoms with Gasteiger partial charge in [0.15, 0.2) is 0 Å². The Kier molecular flexibility index (Phi) is 7.32. The van der Waals surface area contributed by atoms with Crippen LogP contribution in [0.4, 0.5) is 5.69 Å². The summed E-state index contributed by atoms with van der Waals surface area (Å²) in [6.45, 7) is 1.54. The molecule has 0 amide bonds. The van der Waals surface area contributed by atoms with Crippen LogP contribution in [0.3, 0.4) is 0 Å². The molecule has 3 aromatic rings. The van der Waals surface area contributed by atoms with Gasteiger partial charge in [-0.25, -0.2) is 8.42 Å². The maximum Gasteiger partial charge on any atom is 0.316 e. The third-order valence-corrected chi connectivity index (χ3v) is 8.80. The van der Waals surface area contributed by atoms with E-state index in [9.17, 15) is 13.2 Å². The van der Waals surface area contributed by atoms with E-state index >= 15 is 0 Å². The Morgan fingerprint density at radius 1 is 0.972 bits per heavy atom. The Morgan fingerprint density at radius 2 is 1.69 bits per heavy atom. The van der Waals surface area contributed by atoms with Crippen LogP contribution in [-0.4, -0.2) is 54.8 Å². The first-order chi connectivity index (χ1) is 17.4. The topological polar surface area (TPSA) is 84.7 Å². The molecule has 0 bridgehead atoms. The van der Waals surface area contributed by atoms with Crippen molar-refractivity contribution in [1.82, 2.24) is 14.1 Å². The summed E-state index contributed by atoms with van der Waals surface area (Å²) in [4.78, 5) is 15.6. The second-order valence-electron chi connectivity index (χ2n) is 9.21. The zero-order chi connectivity index (χ0) is 25.1. The maximum atomic E-state index is 13.6. The molecule has 2 fully saturated rings. The molecular formula is C26H29ClN4O4S. The van der Waals surface area contributed by atoms with Crippen LogP contribution in [0, 0.1) is 0 Å². The lowest BCUT2D eigenvalue weighted by atomic mass is 10.2. The third kappa shape index (κ3) is 5.43. The van der Waals surface area contributed by atoms with Gasteiger partial charge in [0, 0.05) is 31.2 Å². The molecule has 0 radical (unpaired) electrons. The van der Waals surface area contributed by atoms with Crippen LogP contribution in [0.25, 0.3) is 5.69 Å². The Morgan fingerprint density at radius 3 is 2.39 bits per heavy atom. The monoisotopic (exact) mass is 528 g/mol. The van der Waals surface area contributed by atoms with Crippen molar-refractivity contribution in [1.29, 1.82) is 0 Å². The summed E-state index contributed by atoms with van der Waals surface area (Å²) < 4.78 is 35.1. The molecular weight excluding hydrogens is 500 g/mol. The number of anilines is 1. The fourth-order valence-electron chi connectivity index (χ4n) is 4.81. The fraction of sp³-hybridized carbons (Fsp3) is 0.385. The van der Waals surface area contributed by atoms with Crippen LogP contribution in [-0.2, 0) is 15.8 Å². The standard InChI is InChI=1S/C26H29ClN4O4S/c27-21-9-6-10-22(17-21)31-26(32)25(35-23-11-4-5-12-23)24(18-28-31)29-13-15-30(16-14-29)36(33,34)19-20-7-2-1-3-8-20/h1-3,6-10,17-18,23H,4-5,11-16,19H2. The zero-order valence-corrected chi connectivity index (χ0v) is 21.5. The summed E-state index contributed by atoms with van der Waals surface area (Å²) in [6.07, 6.45) is 5.59. The first-order valence-electron chi connectivity index (χ1n) is 12.2. The quantitative estimate of drug-likeness (QED) is 0.463. The lowest BCUT2D eigenvalue weighted by molar-refractivity contribution is 0.205. The molecule has 1 saturated heterocycles. The van der Waals surface area contributed by atoms with E-state index in [0.717, 1.165) is 31.2 Å². The number of ether oxygens (including phenoxy) is 1. The first-order valence-corrected chi connectivity index (χ1v) is 14.2. The van der Waals surface area contributed by atoms with Crippen LogP contribution in [0.5, 0.6) is 5.75 Å². The van der Waals surface area contributed by atoms with Crippen molar-refractivity contribution in [2.45, 2.75) is 37.5 Å². The van der Waals surface area contributed by atoms with Crippen molar-refractivity contribution in [2.75, 3.05) is 31.1 Å². The van der Waals surface area contributed by atoms with Crippen molar-refractivity contribution >= 4 is 27.3 Å². The fourth-order valence-corrected chi connectivity index (χ4v) is 6.51. The van der Waals surface area contributed by atoms with Gasteiger partial charge < -0.3 is 9.64 Å². The number of hydrogen-bond acceptors (Lipinski definition) is 6. The molecule has 1 saturated carbocycles. The molecule has 2 aliphatic rings. The summed E-state index contributed by atoms with van der Waals surface area (Å²) in [6, 6.07) is 16.2. The zero-order valence-electron chi connectivity index (χ0n) is 19.9. The van der Waals surface area contributed by atoms with Crippen molar-refractivity contribution in [3.63, 3.8) is 0 Å². The average molecular weight is 529 g/mol. The molecule has 0 unspecified atom stereocenters. The van der Waals surface area contributed by atoms with Gasteiger partial charge in [0.2, 0.25) is 15.8 Å². The molecule has 0 spiro atoms. The van der Waals surface area contributed by atoms with Crippen LogP contribution in [0.15, 0.2) is 65.6 Å². The second-order valence-corrected chi connectivity index (χ2v) is 11.6. The molecule has 8 nitrogen and oxygen atoms in total. The lowest BCUT2D eigenvalue weighted by Gasteiger charge is -2.36. The summed E-state index contributed by atoms with van der Waals surface area (Å²) in [5, 5.41) is 4.93. The summed E-state index contributed by atoms with van der Waals surface area (Å²) in [5.74, 6) is 0.235. The van der Waals surface area contributed by atoms with Crippen molar-refractivity contribution < 1.29 is 13.2 Å². The van der Waals surface area contributed by atoms with E-state index in [2.05, 4.69) is 5.10 Å². The Bertz CT molecular complexity index is 1370. The highest BCUT2D eigenvalue weighted by atomic mass is 35.5. The number of piperazine rings is 1. The number of benzene rings is 2. The van der Waals surface area contributed by atoms with Crippen molar-refractivity contribution in [3.8, 4) is 11.4 Å². The van der Waals surface area contributed by atoms with Gasteiger partial charge in [-0.2, -0.15) is 14.1 Å². The molecule has 190 valence electrons. The summed E-state index contributed by atoms with van der Waals surface area (Å²) >= 11 is 6.14. The van der Waals surface area contributed by atoms with Gasteiger partial charge in [0.1, 0.15) is 5.69 Å². The molecule has 2 heterocycles. The molecule has 0 N–H and O–H groups in total. The highest BCUT2D eigenvalue weighted by Gasteiger charge is 2.30. The van der Waals surface area contributed by atoms with Crippen LogP contribution < -0.4 is 15.2 Å². The number of hydrogen-bond donors (Lipinski definition) is 0. The van der Waals surface area contributed by atoms with E-state index in [1.807, 2.05) is 35.2 Å². The van der Waals surface area contributed by atoms with E-state index in [1.54, 1.807) is 30.5 Å².